The molecule has 1 aromatic heterocycles. The van der Waals surface area contributed by atoms with Crippen LogP contribution in [0.25, 0.3) is 0 Å². The molecule has 4 rings (SSSR count). The van der Waals surface area contributed by atoms with Gasteiger partial charge in [-0.2, -0.15) is 0 Å². The minimum absolute atomic E-state index is 0.0448. The third-order valence-electron chi connectivity index (χ3n) is 4.77. The third kappa shape index (κ3) is 3.37. The number of likely N-dealkylation sites (tertiary alicyclic amines) is 1. The molecule has 1 saturated heterocycles. The van der Waals surface area contributed by atoms with Gasteiger partial charge in [0, 0.05) is 18.5 Å². The van der Waals surface area contributed by atoms with Crippen molar-refractivity contribution in [2.45, 2.75) is 19.4 Å². The lowest BCUT2D eigenvalue weighted by atomic mass is 9.97. The maximum atomic E-state index is 12.8. The third-order valence-corrected chi connectivity index (χ3v) is 5.69. The number of aliphatic hydroxyl groups is 1. The molecule has 0 saturated carbocycles. The minimum Gasteiger partial charge on any atom is -0.485 e. The van der Waals surface area contributed by atoms with Crippen molar-refractivity contribution in [3.63, 3.8) is 0 Å². The highest BCUT2D eigenvalue weighted by atomic mass is 32.1. The molecule has 1 N–H and O–H groups in total. The molecular formula is C19H21NO4S. The molecule has 3 heterocycles. The van der Waals surface area contributed by atoms with E-state index in [1.165, 1.54) is 16.9 Å². The molecule has 6 heteroatoms. The number of thiophene rings is 1. The molecule has 5 nitrogen and oxygen atoms in total. The van der Waals surface area contributed by atoms with Crippen molar-refractivity contribution in [3.05, 3.63) is 45.6 Å². The monoisotopic (exact) mass is 359 g/mol. The van der Waals surface area contributed by atoms with E-state index >= 15 is 0 Å². The Labute approximate surface area is 150 Å². The Hall–Kier alpha value is -2.05. The van der Waals surface area contributed by atoms with Crippen LogP contribution in [-0.2, 0) is 13.0 Å². The van der Waals surface area contributed by atoms with E-state index in [1.54, 1.807) is 0 Å². The molecule has 1 amide bonds. The first-order chi connectivity index (χ1) is 12.2. The van der Waals surface area contributed by atoms with Crippen LogP contribution >= 0.6 is 11.3 Å². The van der Waals surface area contributed by atoms with Gasteiger partial charge in [-0.1, -0.05) is 24.3 Å². The van der Waals surface area contributed by atoms with Gasteiger partial charge in [-0.3, -0.25) is 4.79 Å². The maximum Gasteiger partial charge on any atom is 0.267 e. The standard InChI is InChI=1S/C19H21NO4S/c21-11-15-3-1-2-13(9-15)8-14-4-5-20(10-14)19(22)18-17-16(12-25-18)23-6-7-24-17/h1-3,9,12,14,21H,4-8,10-11H2/t14-/m0/s1. The summed E-state index contributed by atoms with van der Waals surface area (Å²) in [6, 6.07) is 8.04. The SMILES string of the molecule is O=C(c1scc2c1OCCO2)N1CC[C@@H](Cc2cccc(CO)c2)C1. The van der Waals surface area contributed by atoms with Crippen LogP contribution in [0, 0.1) is 5.92 Å². The van der Waals surface area contributed by atoms with Gasteiger partial charge in [0.1, 0.15) is 18.1 Å². The Balaban J connectivity index is 1.42. The molecule has 0 spiro atoms. The second-order valence-electron chi connectivity index (χ2n) is 6.54. The molecule has 2 aromatic rings. The summed E-state index contributed by atoms with van der Waals surface area (Å²) in [5.74, 6) is 1.80. The number of aliphatic hydroxyl groups excluding tert-OH is 1. The van der Waals surface area contributed by atoms with E-state index in [0.717, 1.165) is 31.5 Å². The highest BCUT2D eigenvalue weighted by molar-refractivity contribution is 7.12. The molecule has 2 aliphatic heterocycles. The van der Waals surface area contributed by atoms with Crippen LogP contribution < -0.4 is 9.47 Å². The van der Waals surface area contributed by atoms with Crippen LogP contribution in [0.5, 0.6) is 11.5 Å². The summed E-state index contributed by atoms with van der Waals surface area (Å²) in [6.45, 7) is 2.63. The fraction of sp³-hybridized carbons (Fsp3) is 0.421. The van der Waals surface area contributed by atoms with Crippen molar-refractivity contribution in [2.75, 3.05) is 26.3 Å². The van der Waals surface area contributed by atoms with Crippen molar-refractivity contribution in [1.82, 2.24) is 4.90 Å². The van der Waals surface area contributed by atoms with Crippen molar-refractivity contribution < 1.29 is 19.4 Å². The van der Waals surface area contributed by atoms with Crippen molar-refractivity contribution >= 4 is 17.2 Å². The summed E-state index contributed by atoms with van der Waals surface area (Å²) < 4.78 is 11.2. The summed E-state index contributed by atoms with van der Waals surface area (Å²) in [6.07, 6.45) is 1.93. The fourth-order valence-electron chi connectivity index (χ4n) is 3.53. The van der Waals surface area contributed by atoms with Crippen LogP contribution in [0.4, 0.5) is 0 Å². The number of nitrogens with zero attached hydrogens (tertiary/aromatic N) is 1. The predicted molar refractivity (Wildman–Crippen MR) is 95.4 cm³/mol. The van der Waals surface area contributed by atoms with Gasteiger partial charge in [0.25, 0.3) is 5.91 Å². The first-order valence-corrected chi connectivity index (χ1v) is 9.47. The molecule has 0 aliphatic carbocycles. The Morgan fingerprint density at radius 2 is 2.12 bits per heavy atom. The number of amides is 1. The quantitative estimate of drug-likeness (QED) is 0.912. The summed E-state index contributed by atoms with van der Waals surface area (Å²) >= 11 is 1.40. The summed E-state index contributed by atoms with van der Waals surface area (Å²) in [5, 5.41) is 11.1. The second kappa shape index (κ2) is 7.06. The van der Waals surface area contributed by atoms with Gasteiger partial charge >= 0.3 is 0 Å². The van der Waals surface area contributed by atoms with E-state index in [9.17, 15) is 9.90 Å². The molecule has 1 fully saturated rings. The molecule has 25 heavy (non-hydrogen) atoms. The van der Waals surface area contributed by atoms with Crippen molar-refractivity contribution in [2.24, 2.45) is 5.92 Å². The topological polar surface area (TPSA) is 59.0 Å². The zero-order valence-corrected chi connectivity index (χ0v) is 14.8. The molecule has 132 valence electrons. The van der Waals surface area contributed by atoms with Crippen LogP contribution in [-0.4, -0.2) is 42.2 Å². The lowest BCUT2D eigenvalue weighted by Gasteiger charge is -2.19. The van der Waals surface area contributed by atoms with Crippen molar-refractivity contribution in [1.29, 1.82) is 0 Å². The number of ether oxygens (including phenoxy) is 2. The highest BCUT2D eigenvalue weighted by Crippen LogP contribution is 2.40. The van der Waals surface area contributed by atoms with Gasteiger partial charge < -0.3 is 19.5 Å². The number of carbonyl (C=O) groups is 1. The summed E-state index contributed by atoms with van der Waals surface area (Å²) in [7, 11) is 0. The van der Waals surface area contributed by atoms with E-state index in [4.69, 9.17) is 9.47 Å². The lowest BCUT2D eigenvalue weighted by Crippen LogP contribution is -2.29. The number of rotatable bonds is 4. The zero-order chi connectivity index (χ0) is 17.2. The van der Waals surface area contributed by atoms with Gasteiger partial charge in [-0.15, -0.1) is 11.3 Å². The highest BCUT2D eigenvalue weighted by Gasteiger charge is 2.31. The van der Waals surface area contributed by atoms with E-state index in [1.807, 2.05) is 28.5 Å². The van der Waals surface area contributed by atoms with Crippen molar-refractivity contribution in [3.8, 4) is 11.5 Å². The van der Waals surface area contributed by atoms with Gasteiger partial charge in [-0.05, 0) is 29.9 Å². The Bertz CT molecular complexity index is 773. The normalized spacial score (nSPS) is 19.2. The molecule has 2 aliphatic rings. The average Bonchev–Trinajstić information content (AvgIpc) is 3.28. The van der Waals surface area contributed by atoms with Gasteiger partial charge in [0.05, 0.1) is 6.61 Å². The van der Waals surface area contributed by atoms with Gasteiger partial charge in [0.15, 0.2) is 11.5 Å². The lowest BCUT2D eigenvalue weighted by molar-refractivity contribution is 0.0783. The number of benzene rings is 1. The van der Waals surface area contributed by atoms with E-state index in [2.05, 4.69) is 6.07 Å². The maximum absolute atomic E-state index is 12.8. The fourth-order valence-corrected chi connectivity index (χ4v) is 4.42. The second-order valence-corrected chi connectivity index (χ2v) is 7.42. The average molecular weight is 359 g/mol. The number of hydrogen-bond donors (Lipinski definition) is 1. The van der Waals surface area contributed by atoms with Crippen LogP contribution in [0.2, 0.25) is 0 Å². The largest absolute Gasteiger partial charge is 0.485 e. The first-order valence-electron chi connectivity index (χ1n) is 8.59. The summed E-state index contributed by atoms with van der Waals surface area (Å²) in [5.41, 5.74) is 2.15. The first kappa shape index (κ1) is 16.4. The number of fused-ring (bicyclic) bond motifs is 1. The molecule has 0 bridgehead atoms. The van der Waals surface area contributed by atoms with Crippen LogP contribution in [0.1, 0.15) is 27.2 Å². The Kier molecular flexibility index (Phi) is 4.63. The zero-order valence-electron chi connectivity index (χ0n) is 13.9. The molecule has 0 unspecified atom stereocenters. The number of hydrogen-bond acceptors (Lipinski definition) is 5. The van der Waals surface area contributed by atoms with Gasteiger partial charge in [0.2, 0.25) is 0 Å². The van der Waals surface area contributed by atoms with E-state index in [-0.39, 0.29) is 12.5 Å². The smallest absolute Gasteiger partial charge is 0.267 e. The van der Waals surface area contributed by atoms with Crippen LogP contribution in [0.3, 0.4) is 0 Å². The molecule has 1 atom stereocenters. The Morgan fingerprint density at radius 3 is 3.00 bits per heavy atom. The van der Waals surface area contributed by atoms with E-state index < -0.39 is 0 Å². The molecular weight excluding hydrogens is 338 g/mol. The Morgan fingerprint density at radius 1 is 1.28 bits per heavy atom. The van der Waals surface area contributed by atoms with E-state index in [0.29, 0.717) is 35.5 Å². The molecule has 1 aromatic carbocycles. The number of carbonyl (C=O) groups excluding carboxylic acids is 1. The summed E-state index contributed by atoms with van der Waals surface area (Å²) in [4.78, 5) is 15.4. The minimum atomic E-state index is 0.0448. The predicted octanol–water partition coefficient (Wildman–Crippen LogP) is 2.72. The van der Waals surface area contributed by atoms with Gasteiger partial charge in [-0.25, -0.2) is 0 Å². The van der Waals surface area contributed by atoms with Crippen LogP contribution in [0.15, 0.2) is 29.6 Å². The molecule has 0 radical (unpaired) electrons.